The first-order valence-electron chi connectivity index (χ1n) is 7.62. The summed E-state index contributed by atoms with van der Waals surface area (Å²) in [5.41, 5.74) is 2.53. The van der Waals surface area contributed by atoms with E-state index in [4.69, 9.17) is 4.74 Å². The van der Waals surface area contributed by atoms with Crippen LogP contribution in [0.5, 0.6) is 5.75 Å². The Morgan fingerprint density at radius 1 is 1.38 bits per heavy atom. The van der Waals surface area contributed by atoms with Gasteiger partial charge in [0.1, 0.15) is 17.7 Å². The molecule has 2 heterocycles. The molecule has 1 aromatic heterocycles. The number of hydrogen-bond donors (Lipinski definition) is 1. The third-order valence-electron chi connectivity index (χ3n) is 3.93. The average Bonchev–Trinajstić information content (AvgIpc) is 3.01. The van der Waals surface area contributed by atoms with Crippen molar-refractivity contribution in [2.24, 2.45) is 0 Å². The Morgan fingerprint density at radius 3 is 2.95 bits per heavy atom. The van der Waals surface area contributed by atoms with Gasteiger partial charge >= 0.3 is 0 Å². The van der Waals surface area contributed by atoms with E-state index in [1.165, 1.54) is 11.3 Å². The Bertz CT molecular complexity index is 593. The average molecular weight is 285 g/mol. The van der Waals surface area contributed by atoms with Crippen LogP contribution in [0.25, 0.3) is 0 Å². The predicted molar refractivity (Wildman–Crippen MR) is 83.5 cm³/mol. The fraction of sp³-hybridized carbons (Fsp3) is 0.471. The normalized spacial score (nSPS) is 17.0. The second kappa shape index (κ2) is 5.90. The van der Waals surface area contributed by atoms with Crippen LogP contribution in [-0.2, 0) is 19.5 Å². The number of nitrogens with one attached hydrogen (secondary N) is 1. The molecule has 4 nitrogen and oxygen atoms in total. The Morgan fingerprint density at radius 2 is 2.19 bits per heavy atom. The van der Waals surface area contributed by atoms with Crippen molar-refractivity contribution < 1.29 is 4.74 Å². The van der Waals surface area contributed by atoms with E-state index >= 15 is 0 Å². The predicted octanol–water partition coefficient (Wildman–Crippen LogP) is 2.69. The van der Waals surface area contributed by atoms with Gasteiger partial charge in [-0.05, 0) is 18.6 Å². The largest absolute Gasteiger partial charge is 0.488 e. The van der Waals surface area contributed by atoms with E-state index in [1.54, 1.807) is 0 Å². The summed E-state index contributed by atoms with van der Waals surface area (Å²) < 4.78 is 8.32. The van der Waals surface area contributed by atoms with E-state index < -0.39 is 0 Å². The van der Waals surface area contributed by atoms with Crippen LogP contribution >= 0.6 is 0 Å². The molecule has 1 atom stereocenters. The fourth-order valence-corrected chi connectivity index (χ4v) is 2.77. The monoisotopic (exact) mass is 285 g/mol. The van der Waals surface area contributed by atoms with Gasteiger partial charge in [0.25, 0.3) is 0 Å². The minimum Gasteiger partial charge on any atom is -0.488 e. The van der Waals surface area contributed by atoms with Gasteiger partial charge in [0, 0.05) is 25.2 Å². The van der Waals surface area contributed by atoms with Crippen molar-refractivity contribution in [2.45, 2.75) is 52.4 Å². The van der Waals surface area contributed by atoms with E-state index in [1.807, 2.05) is 12.3 Å². The molecule has 1 N–H and O–H groups in total. The van der Waals surface area contributed by atoms with Crippen molar-refractivity contribution in [3.63, 3.8) is 0 Å². The highest BCUT2D eigenvalue weighted by Crippen LogP contribution is 2.29. The molecule has 2 aromatic rings. The fourth-order valence-electron chi connectivity index (χ4n) is 2.77. The van der Waals surface area contributed by atoms with Gasteiger partial charge in [0.15, 0.2) is 0 Å². The number of hydrogen-bond acceptors (Lipinski definition) is 3. The SMILES string of the molecule is Cc1ncc(CNC(C)C)n1CC1Cc2ccccc2O1. The number of para-hydroxylation sites is 1. The van der Waals surface area contributed by atoms with Gasteiger partial charge < -0.3 is 14.6 Å². The molecule has 21 heavy (non-hydrogen) atoms. The molecule has 0 saturated carbocycles. The summed E-state index contributed by atoms with van der Waals surface area (Å²) in [6.07, 6.45) is 3.14. The van der Waals surface area contributed by atoms with Crippen molar-refractivity contribution in [1.82, 2.24) is 14.9 Å². The lowest BCUT2D eigenvalue weighted by molar-refractivity contribution is 0.206. The number of fused-ring (bicyclic) bond motifs is 1. The maximum atomic E-state index is 6.05. The topological polar surface area (TPSA) is 39.1 Å². The van der Waals surface area contributed by atoms with Gasteiger partial charge in [-0.15, -0.1) is 0 Å². The number of aryl methyl sites for hydroxylation is 1. The highest BCUT2D eigenvalue weighted by Gasteiger charge is 2.23. The molecule has 0 radical (unpaired) electrons. The van der Waals surface area contributed by atoms with Gasteiger partial charge in [-0.2, -0.15) is 0 Å². The Balaban J connectivity index is 1.70. The third kappa shape index (κ3) is 3.10. The van der Waals surface area contributed by atoms with Gasteiger partial charge in [0.2, 0.25) is 0 Å². The summed E-state index contributed by atoms with van der Waals surface area (Å²) in [5.74, 6) is 2.08. The maximum Gasteiger partial charge on any atom is 0.123 e. The molecule has 0 spiro atoms. The summed E-state index contributed by atoms with van der Waals surface area (Å²) in [6.45, 7) is 8.07. The van der Waals surface area contributed by atoms with Crippen LogP contribution in [0.4, 0.5) is 0 Å². The molecule has 0 amide bonds. The highest BCUT2D eigenvalue weighted by molar-refractivity contribution is 5.37. The lowest BCUT2D eigenvalue weighted by Gasteiger charge is -2.16. The maximum absolute atomic E-state index is 6.05. The van der Waals surface area contributed by atoms with Crippen LogP contribution < -0.4 is 10.1 Å². The zero-order valence-electron chi connectivity index (χ0n) is 13.0. The van der Waals surface area contributed by atoms with E-state index in [0.29, 0.717) is 6.04 Å². The summed E-state index contributed by atoms with van der Waals surface area (Å²) in [7, 11) is 0. The molecule has 0 fully saturated rings. The van der Waals surface area contributed by atoms with Crippen molar-refractivity contribution in [3.8, 4) is 5.75 Å². The van der Waals surface area contributed by atoms with Crippen LogP contribution in [0.15, 0.2) is 30.5 Å². The van der Waals surface area contributed by atoms with Crippen LogP contribution in [0.3, 0.4) is 0 Å². The zero-order chi connectivity index (χ0) is 14.8. The molecule has 1 aliphatic rings. The van der Waals surface area contributed by atoms with Crippen LogP contribution in [-0.4, -0.2) is 21.7 Å². The van der Waals surface area contributed by atoms with Crippen molar-refractivity contribution in [3.05, 3.63) is 47.5 Å². The van der Waals surface area contributed by atoms with E-state index in [-0.39, 0.29) is 6.10 Å². The summed E-state index contributed by atoms with van der Waals surface area (Å²) in [4.78, 5) is 4.45. The third-order valence-corrected chi connectivity index (χ3v) is 3.93. The van der Waals surface area contributed by atoms with Crippen molar-refractivity contribution in [1.29, 1.82) is 0 Å². The minimum absolute atomic E-state index is 0.202. The molecule has 112 valence electrons. The number of rotatable bonds is 5. The Hall–Kier alpha value is -1.81. The molecular weight excluding hydrogens is 262 g/mol. The van der Waals surface area contributed by atoms with Crippen LogP contribution in [0.2, 0.25) is 0 Å². The molecule has 1 aromatic carbocycles. The summed E-state index contributed by atoms with van der Waals surface area (Å²) in [5, 5.41) is 3.46. The molecule has 3 rings (SSSR count). The van der Waals surface area contributed by atoms with Gasteiger partial charge in [-0.3, -0.25) is 0 Å². The second-order valence-corrected chi connectivity index (χ2v) is 5.99. The number of benzene rings is 1. The zero-order valence-corrected chi connectivity index (χ0v) is 13.0. The first-order chi connectivity index (χ1) is 10.1. The van der Waals surface area contributed by atoms with Gasteiger partial charge in [-0.25, -0.2) is 4.98 Å². The molecule has 0 aliphatic carbocycles. The highest BCUT2D eigenvalue weighted by atomic mass is 16.5. The quantitative estimate of drug-likeness (QED) is 0.918. The molecular formula is C17H23N3O. The number of nitrogens with zero attached hydrogens (tertiary/aromatic N) is 2. The summed E-state index contributed by atoms with van der Waals surface area (Å²) in [6, 6.07) is 8.78. The number of imidazole rings is 1. The van der Waals surface area contributed by atoms with Crippen molar-refractivity contribution in [2.75, 3.05) is 0 Å². The van der Waals surface area contributed by atoms with Gasteiger partial charge in [0.05, 0.1) is 12.2 Å². The molecule has 4 heteroatoms. The minimum atomic E-state index is 0.202. The Kier molecular flexibility index (Phi) is 3.97. The first kappa shape index (κ1) is 14.1. The summed E-state index contributed by atoms with van der Waals surface area (Å²) >= 11 is 0. The smallest absolute Gasteiger partial charge is 0.123 e. The molecule has 1 aliphatic heterocycles. The van der Waals surface area contributed by atoms with Crippen LogP contribution in [0.1, 0.15) is 30.9 Å². The molecule has 0 saturated heterocycles. The lowest BCUT2D eigenvalue weighted by Crippen LogP contribution is -2.27. The van der Waals surface area contributed by atoms with Crippen molar-refractivity contribution >= 4 is 0 Å². The van der Waals surface area contributed by atoms with E-state index in [0.717, 1.165) is 31.1 Å². The standard InChI is InChI=1S/C17H23N3O/c1-12(2)18-9-15-10-19-13(3)20(15)11-16-8-14-6-4-5-7-17(14)21-16/h4-7,10,12,16,18H,8-9,11H2,1-3H3. The number of ether oxygens (including phenoxy) is 1. The molecule has 0 bridgehead atoms. The number of aromatic nitrogens is 2. The van der Waals surface area contributed by atoms with E-state index in [2.05, 4.69) is 53.8 Å². The van der Waals surface area contributed by atoms with Gasteiger partial charge in [-0.1, -0.05) is 32.0 Å². The lowest BCUT2D eigenvalue weighted by atomic mass is 10.1. The molecule has 1 unspecified atom stereocenters. The first-order valence-corrected chi connectivity index (χ1v) is 7.62. The second-order valence-electron chi connectivity index (χ2n) is 5.99. The van der Waals surface area contributed by atoms with E-state index in [9.17, 15) is 0 Å². The Labute approximate surface area is 126 Å². The van der Waals surface area contributed by atoms with Crippen LogP contribution in [0, 0.1) is 6.92 Å².